The monoisotopic (exact) mass is 508 g/mol. The summed E-state index contributed by atoms with van der Waals surface area (Å²) in [5.74, 6) is -0.871. The van der Waals surface area contributed by atoms with Gasteiger partial charge in [-0.2, -0.15) is 0 Å². The summed E-state index contributed by atoms with van der Waals surface area (Å²) >= 11 is 0. The number of rotatable bonds is 6. The van der Waals surface area contributed by atoms with Gasteiger partial charge in [0.1, 0.15) is 24.1 Å². The first-order valence-electron chi connectivity index (χ1n) is 12.6. The van der Waals surface area contributed by atoms with Gasteiger partial charge in [-0.3, -0.25) is 24.7 Å². The minimum absolute atomic E-state index is 0.202. The first-order valence-corrected chi connectivity index (χ1v) is 12.6. The van der Waals surface area contributed by atoms with Crippen molar-refractivity contribution >= 4 is 28.6 Å². The maximum Gasteiger partial charge on any atom is 0.307 e. The maximum atomic E-state index is 14.0. The van der Waals surface area contributed by atoms with E-state index in [1.807, 2.05) is 49.4 Å². The van der Waals surface area contributed by atoms with Crippen molar-refractivity contribution in [3.63, 3.8) is 0 Å². The predicted molar refractivity (Wildman–Crippen MR) is 135 cm³/mol. The van der Waals surface area contributed by atoms with Crippen molar-refractivity contribution in [1.82, 2.24) is 20.5 Å². The number of benzene rings is 1. The molecule has 5 rings (SSSR count). The summed E-state index contributed by atoms with van der Waals surface area (Å²) in [5.41, 5.74) is 0.281. The standard InChI is InChI=1S/C27H32N4O6/c1-16-21(13-23(32)37-16)30-26(35-2)22-15-36-14-18-8-4-6-10-20(27(34)31(18)22)29-25(33)24-19-9-5-3-7-17(19)11-12-28-24/h3-7,9,11-12,16,18,20-22,26,30H,8,10,13-15H2,1-2H3,(H,29,33)/b6-4-. The van der Waals surface area contributed by atoms with E-state index in [0.29, 0.717) is 19.4 Å². The second kappa shape index (κ2) is 11.0. The number of nitrogens with zero attached hydrogens (tertiary/aromatic N) is 2. The summed E-state index contributed by atoms with van der Waals surface area (Å²) < 4.78 is 16.9. The number of aromatic nitrogens is 1. The molecule has 37 heavy (non-hydrogen) atoms. The molecule has 10 nitrogen and oxygen atoms in total. The second-order valence-electron chi connectivity index (χ2n) is 9.68. The van der Waals surface area contributed by atoms with E-state index in [1.165, 1.54) is 0 Å². The van der Waals surface area contributed by atoms with Crippen LogP contribution in [0.25, 0.3) is 10.8 Å². The van der Waals surface area contributed by atoms with Crippen molar-refractivity contribution in [3.8, 4) is 0 Å². The molecule has 6 unspecified atom stereocenters. The van der Waals surface area contributed by atoms with E-state index in [2.05, 4.69) is 15.6 Å². The highest BCUT2D eigenvalue weighted by molar-refractivity contribution is 6.06. The van der Waals surface area contributed by atoms with Gasteiger partial charge < -0.3 is 24.4 Å². The second-order valence-corrected chi connectivity index (χ2v) is 9.68. The number of amides is 2. The van der Waals surface area contributed by atoms with Crippen LogP contribution >= 0.6 is 0 Å². The molecule has 0 aliphatic carbocycles. The average molecular weight is 509 g/mol. The van der Waals surface area contributed by atoms with Crippen molar-refractivity contribution in [2.24, 2.45) is 0 Å². The number of pyridine rings is 1. The van der Waals surface area contributed by atoms with Crippen LogP contribution in [0.3, 0.4) is 0 Å². The number of methoxy groups -OCH3 is 1. The van der Waals surface area contributed by atoms with Crippen molar-refractivity contribution in [2.45, 2.75) is 62.7 Å². The van der Waals surface area contributed by atoms with Crippen LogP contribution in [0.1, 0.15) is 36.7 Å². The molecule has 0 radical (unpaired) electrons. The Balaban J connectivity index is 1.38. The lowest BCUT2D eigenvalue weighted by Gasteiger charge is -2.46. The molecule has 2 N–H and O–H groups in total. The molecule has 3 aliphatic rings. The van der Waals surface area contributed by atoms with E-state index in [1.54, 1.807) is 18.2 Å². The van der Waals surface area contributed by atoms with E-state index in [4.69, 9.17) is 14.2 Å². The van der Waals surface area contributed by atoms with Gasteiger partial charge in [0.15, 0.2) is 0 Å². The molecule has 2 fully saturated rings. The summed E-state index contributed by atoms with van der Waals surface area (Å²) in [6.45, 7) is 2.48. The van der Waals surface area contributed by atoms with Crippen molar-refractivity contribution in [3.05, 3.63) is 54.4 Å². The summed E-state index contributed by atoms with van der Waals surface area (Å²) in [5, 5.41) is 7.91. The number of carbonyl (C=O) groups is 3. The van der Waals surface area contributed by atoms with Crippen LogP contribution in [0.4, 0.5) is 0 Å². The number of hydrogen-bond acceptors (Lipinski definition) is 8. The summed E-state index contributed by atoms with van der Waals surface area (Å²) in [6.07, 6.45) is 5.86. The summed E-state index contributed by atoms with van der Waals surface area (Å²) in [6, 6.07) is 7.68. The van der Waals surface area contributed by atoms with Crippen LogP contribution in [-0.2, 0) is 23.8 Å². The van der Waals surface area contributed by atoms with Gasteiger partial charge in [0.25, 0.3) is 5.91 Å². The Morgan fingerprint density at radius 2 is 1.97 bits per heavy atom. The maximum absolute atomic E-state index is 14.0. The van der Waals surface area contributed by atoms with E-state index >= 15 is 0 Å². The topological polar surface area (TPSA) is 119 Å². The van der Waals surface area contributed by atoms with Gasteiger partial charge in [-0.25, -0.2) is 0 Å². The molecule has 0 bridgehead atoms. The zero-order chi connectivity index (χ0) is 25.9. The van der Waals surface area contributed by atoms with Gasteiger partial charge >= 0.3 is 5.97 Å². The van der Waals surface area contributed by atoms with Gasteiger partial charge in [0, 0.05) is 18.7 Å². The SMILES string of the molecule is COC(NC1CC(=O)OC1C)C1COCC2C/C=C\CC(NC(=O)c3nccc4ccccc34)C(=O)N21. The predicted octanol–water partition coefficient (Wildman–Crippen LogP) is 1.55. The Bertz CT molecular complexity index is 1200. The van der Waals surface area contributed by atoms with Crippen LogP contribution in [0.5, 0.6) is 0 Å². The number of nitrogens with one attached hydrogen (secondary N) is 2. The molecular weight excluding hydrogens is 476 g/mol. The fourth-order valence-electron chi connectivity index (χ4n) is 5.35. The van der Waals surface area contributed by atoms with Gasteiger partial charge in [-0.05, 0) is 31.2 Å². The van der Waals surface area contributed by atoms with Crippen LogP contribution in [0, 0.1) is 0 Å². The van der Waals surface area contributed by atoms with Crippen LogP contribution < -0.4 is 10.6 Å². The third kappa shape index (κ3) is 5.22. The number of carbonyl (C=O) groups excluding carboxylic acids is 3. The molecule has 10 heteroatoms. The van der Waals surface area contributed by atoms with E-state index in [0.717, 1.165) is 10.8 Å². The van der Waals surface area contributed by atoms with Gasteiger partial charge in [0.2, 0.25) is 5.91 Å². The highest BCUT2D eigenvalue weighted by Crippen LogP contribution is 2.26. The molecule has 6 atom stereocenters. The van der Waals surface area contributed by atoms with Crippen molar-refractivity contribution in [1.29, 1.82) is 0 Å². The Morgan fingerprint density at radius 1 is 1.16 bits per heavy atom. The summed E-state index contributed by atoms with van der Waals surface area (Å²) in [7, 11) is 1.56. The molecule has 0 saturated carbocycles. The Kier molecular flexibility index (Phi) is 7.50. The molecule has 2 aromatic rings. The van der Waals surface area contributed by atoms with Gasteiger partial charge in [-0.1, -0.05) is 36.4 Å². The van der Waals surface area contributed by atoms with E-state index in [-0.39, 0.29) is 48.8 Å². The van der Waals surface area contributed by atoms with Crippen LogP contribution in [-0.4, -0.2) is 84.5 Å². The lowest BCUT2D eigenvalue weighted by Crippen LogP contribution is -2.66. The smallest absolute Gasteiger partial charge is 0.307 e. The first-order chi connectivity index (χ1) is 18.0. The largest absolute Gasteiger partial charge is 0.461 e. The number of ether oxygens (including phenoxy) is 3. The molecule has 1 aromatic heterocycles. The third-order valence-corrected chi connectivity index (χ3v) is 7.30. The molecule has 2 saturated heterocycles. The molecule has 0 spiro atoms. The Morgan fingerprint density at radius 3 is 2.76 bits per heavy atom. The molecule has 2 amide bonds. The average Bonchev–Trinajstić information content (AvgIpc) is 3.23. The van der Waals surface area contributed by atoms with E-state index in [9.17, 15) is 14.4 Å². The molecule has 3 aliphatic heterocycles. The van der Waals surface area contributed by atoms with Crippen molar-refractivity contribution in [2.75, 3.05) is 20.3 Å². The molecule has 4 heterocycles. The minimum atomic E-state index is -0.777. The number of cyclic esters (lactones) is 1. The fourth-order valence-corrected chi connectivity index (χ4v) is 5.35. The normalized spacial score (nSPS) is 29.7. The Labute approximate surface area is 215 Å². The number of morpholine rings is 1. The number of hydrogen-bond donors (Lipinski definition) is 2. The molecule has 196 valence electrons. The molecular formula is C27H32N4O6. The number of fused-ring (bicyclic) bond motifs is 2. The fraction of sp³-hybridized carbons (Fsp3) is 0.481. The van der Waals surface area contributed by atoms with Crippen LogP contribution in [0.2, 0.25) is 0 Å². The van der Waals surface area contributed by atoms with E-state index < -0.39 is 24.2 Å². The lowest BCUT2D eigenvalue weighted by atomic mass is 9.98. The quantitative estimate of drug-likeness (QED) is 0.343. The van der Waals surface area contributed by atoms with Crippen LogP contribution in [0.15, 0.2) is 48.7 Å². The van der Waals surface area contributed by atoms with Gasteiger partial charge in [-0.15, -0.1) is 0 Å². The number of esters is 1. The van der Waals surface area contributed by atoms with Crippen molar-refractivity contribution < 1.29 is 28.6 Å². The highest BCUT2D eigenvalue weighted by Gasteiger charge is 2.44. The first kappa shape index (κ1) is 25.3. The lowest BCUT2D eigenvalue weighted by molar-refractivity contribution is -0.159. The Hall–Kier alpha value is -3.34. The minimum Gasteiger partial charge on any atom is -0.461 e. The van der Waals surface area contributed by atoms with Gasteiger partial charge in [0.05, 0.1) is 37.8 Å². The highest BCUT2D eigenvalue weighted by atomic mass is 16.6. The zero-order valence-electron chi connectivity index (χ0n) is 21.0. The molecule has 1 aromatic carbocycles. The third-order valence-electron chi connectivity index (χ3n) is 7.30. The summed E-state index contributed by atoms with van der Waals surface area (Å²) in [4.78, 5) is 45.2. The zero-order valence-corrected chi connectivity index (χ0v) is 21.0.